The van der Waals surface area contributed by atoms with Crippen molar-refractivity contribution in [1.29, 1.82) is 0 Å². The molecule has 0 spiro atoms. The van der Waals surface area contributed by atoms with Crippen molar-refractivity contribution in [3.05, 3.63) is 53.6 Å². The van der Waals surface area contributed by atoms with Crippen LogP contribution in [-0.4, -0.2) is 24.1 Å². The Labute approximate surface area is 133 Å². The van der Waals surface area contributed by atoms with Gasteiger partial charge in [-0.1, -0.05) is 12.1 Å². The molecular weight excluding hydrogens is 321 g/mol. The third-order valence-corrected chi connectivity index (χ3v) is 5.03. The van der Waals surface area contributed by atoms with E-state index in [4.69, 9.17) is 0 Å². The molecule has 8 heteroatoms. The number of amides is 1. The maximum Gasteiger partial charge on any atom is 0.239 e. The first kappa shape index (κ1) is 15.7. The van der Waals surface area contributed by atoms with Crippen LogP contribution in [0.15, 0.2) is 36.7 Å². The largest absolute Gasteiger partial charge is 0.276 e. The van der Waals surface area contributed by atoms with Crippen LogP contribution >= 0.6 is 0 Å². The van der Waals surface area contributed by atoms with Gasteiger partial charge in [0.2, 0.25) is 15.9 Å². The normalized spacial score (nSPS) is 20.3. The number of hydrogen-bond acceptors (Lipinski definition) is 4. The molecule has 1 aliphatic carbocycles. The smallest absolute Gasteiger partial charge is 0.239 e. The average molecular weight is 337 g/mol. The molecule has 6 nitrogen and oxygen atoms in total. The Balaban J connectivity index is 1.60. The fourth-order valence-corrected chi connectivity index (χ4v) is 3.71. The fraction of sp³-hybridized carbons (Fsp3) is 0.333. The van der Waals surface area contributed by atoms with Crippen LogP contribution < -0.4 is 4.72 Å². The second-order valence-electron chi connectivity index (χ2n) is 5.75. The zero-order valence-electron chi connectivity index (χ0n) is 12.4. The second kappa shape index (κ2) is 5.77. The number of nitrogens with zero attached hydrogens (tertiary/aromatic N) is 2. The maximum atomic E-state index is 12.8. The number of carbonyl (C=O) groups excluding carboxylic acids is 1. The highest BCUT2D eigenvalue weighted by atomic mass is 32.2. The number of carbonyl (C=O) groups is 1. The Morgan fingerprint density at radius 2 is 2.09 bits per heavy atom. The number of benzene rings is 1. The molecule has 23 heavy (non-hydrogen) atoms. The van der Waals surface area contributed by atoms with E-state index in [9.17, 15) is 17.6 Å². The highest BCUT2D eigenvalue weighted by Crippen LogP contribution is 2.47. The Hall–Kier alpha value is -2.22. The third kappa shape index (κ3) is 3.76. The Morgan fingerprint density at radius 3 is 2.70 bits per heavy atom. The van der Waals surface area contributed by atoms with E-state index in [1.807, 2.05) is 6.20 Å². The highest BCUT2D eigenvalue weighted by Gasteiger charge is 2.45. The number of nitrogens with one attached hydrogen (secondary N) is 1. The van der Waals surface area contributed by atoms with E-state index in [-0.39, 0.29) is 17.6 Å². The number of sulfonamides is 1. The molecular formula is C15H16FN3O3S. The summed E-state index contributed by atoms with van der Waals surface area (Å²) < 4.78 is 40.6. The second-order valence-corrected chi connectivity index (χ2v) is 7.47. The summed E-state index contributed by atoms with van der Waals surface area (Å²) in [6.07, 6.45) is 4.12. The molecule has 0 aliphatic heterocycles. The first-order valence-corrected chi connectivity index (χ1v) is 8.76. The van der Waals surface area contributed by atoms with Crippen LogP contribution in [0.3, 0.4) is 0 Å². The van der Waals surface area contributed by atoms with Crippen LogP contribution in [0.1, 0.15) is 23.5 Å². The van der Waals surface area contributed by atoms with E-state index < -0.39 is 21.7 Å². The molecule has 1 N–H and O–H groups in total. The van der Waals surface area contributed by atoms with Gasteiger partial charge in [0.15, 0.2) is 0 Å². The zero-order chi connectivity index (χ0) is 16.6. The first-order chi connectivity index (χ1) is 10.8. The van der Waals surface area contributed by atoms with E-state index in [0.29, 0.717) is 12.0 Å². The molecule has 1 heterocycles. The minimum Gasteiger partial charge on any atom is -0.276 e. The summed E-state index contributed by atoms with van der Waals surface area (Å²) in [7, 11) is -2.01. The van der Waals surface area contributed by atoms with Gasteiger partial charge in [-0.25, -0.2) is 12.8 Å². The van der Waals surface area contributed by atoms with Crippen molar-refractivity contribution in [2.75, 3.05) is 0 Å². The predicted molar refractivity (Wildman–Crippen MR) is 81.2 cm³/mol. The summed E-state index contributed by atoms with van der Waals surface area (Å²) in [5.74, 6) is -1.62. The van der Waals surface area contributed by atoms with Crippen molar-refractivity contribution in [3.8, 4) is 0 Å². The molecule has 1 fully saturated rings. The lowest BCUT2D eigenvalue weighted by Crippen LogP contribution is -2.33. The lowest BCUT2D eigenvalue weighted by atomic mass is 10.2. The van der Waals surface area contributed by atoms with Gasteiger partial charge in [0.25, 0.3) is 0 Å². The molecule has 1 amide bonds. The lowest BCUT2D eigenvalue weighted by Gasteiger charge is -2.06. The van der Waals surface area contributed by atoms with Crippen LogP contribution in [0.5, 0.6) is 0 Å². The van der Waals surface area contributed by atoms with Gasteiger partial charge in [-0.05, 0) is 35.6 Å². The van der Waals surface area contributed by atoms with Gasteiger partial charge < -0.3 is 0 Å². The van der Waals surface area contributed by atoms with Crippen molar-refractivity contribution < 1.29 is 17.6 Å². The van der Waals surface area contributed by atoms with Crippen LogP contribution in [0.25, 0.3) is 0 Å². The summed E-state index contributed by atoms with van der Waals surface area (Å²) in [5.41, 5.74) is 1.36. The van der Waals surface area contributed by atoms with Gasteiger partial charge >= 0.3 is 0 Å². The van der Waals surface area contributed by atoms with Gasteiger partial charge in [-0.2, -0.15) is 5.10 Å². The van der Waals surface area contributed by atoms with Crippen LogP contribution in [0.4, 0.5) is 4.39 Å². The summed E-state index contributed by atoms with van der Waals surface area (Å²) in [6, 6.07) is 5.14. The topological polar surface area (TPSA) is 81.1 Å². The molecule has 2 aromatic rings. The maximum absolute atomic E-state index is 12.8. The lowest BCUT2D eigenvalue weighted by molar-refractivity contribution is -0.120. The van der Waals surface area contributed by atoms with Crippen LogP contribution in [-0.2, 0) is 27.6 Å². The minimum absolute atomic E-state index is 0.0183. The molecule has 3 rings (SSSR count). The SMILES string of the molecule is Cn1cc([C@@H]2C[C@H]2C(=O)NS(=O)(=O)Cc2ccc(F)cc2)cn1. The van der Waals surface area contributed by atoms with E-state index in [1.54, 1.807) is 17.9 Å². The van der Waals surface area contributed by atoms with Gasteiger partial charge in [-0.3, -0.25) is 14.2 Å². The molecule has 0 saturated heterocycles. The van der Waals surface area contributed by atoms with Crippen LogP contribution in [0.2, 0.25) is 0 Å². The molecule has 1 saturated carbocycles. The highest BCUT2D eigenvalue weighted by molar-refractivity contribution is 7.89. The van der Waals surface area contributed by atoms with E-state index in [0.717, 1.165) is 5.56 Å². The molecule has 122 valence electrons. The molecule has 1 aliphatic rings. The number of aryl methyl sites for hydroxylation is 1. The van der Waals surface area contributed by atoms with Gasteiger partial charge in [0, 0.05) is 19.2 Å². The van der Waals surface area contributed by atoms with E-state index >= 15 is 0 Å². The van der Waals surface area contributed by atoms with Crippen molar-refractivity contribution in [2.24, 2.45) is 13.0 Å². The molecule has 1 aromatic carbocycles. The van der Waals surface area contributed by atoms with Crippen molar-refractivity contribution in [3.63, 3.8) is 0 Å². The molecule has 0 bridgehead atoms. The van der Waals surface area contributed by atoms with Crippen molar-refractivity contribution in [2.45, 2.75) is 18.1 Å². The summed E-state index contributed by atoms with van der Waals surface area (Å²) >= 11 is 0. The van der Waals surface area contributed by atoms with Crippen molar-refractivity contribution >= 4 is 15.9 Å². The number of hydrogen-bond donors (Lipinski definition) is 1. The molecule has 2 atom stereocenters. The molecule has 0 radical (unpaired) electrons. The van der Waals surface area contributed by atoms with Crippen molar-refractivity contribution in [1.82, 2.24) is 14.5 Å². The first-order valence-electron chi connectivity index (χ1n) is 7.11. The summed E-state index contributed by atoms with van der Waals surface area (Å²) in [4.78, 5) is 12.1. The Morgan fingerprint density at radius 1 is 1.39 bits per heavy atom. The molecule has 1 aromatic heterocycles. The standard InChI is InChI=1S/C15H16FN3O3S/c1-19-8-11(7-17-19)13-6-14(13)15(20)18-23(21,22)9-10-2-4-12(16)5-3-10/h2-5,7-8,13-14H,6,9H2,1H3,(H,18,20)/t13-,14+/m0/s1. The number of aromatic nitrogens is 2. The van der Waals surface area contributed by atoms with Gasteiger partial charge in [-0.15, -0.1) is 0 Å². The quantitative estimate of drug-likeness (QED) is 0.892. The zero-order valence-corrected chi connectivity index (χ0v) is 13.3. The number of halogens is 1. The van der Waals surface area contributed by atoms with Crippen LogP contribution in [0, 0.1) is 11.7 Å². The Kier molecular flexibility index (Phi) is 3.93. The van der Waals surface area contributed by atoms with Gasteiger partial charge in [0.05, 0.1) is 11.9 Å². The average Bonchev–Trinajstić information content (AvgIpc) is 3.16. The van der Waals surface area contributed by atoms with E-state index in [1.165, 1.54) is 24.3 Å². The number of rotatable bonds is 5. The predicted octanol–water partition coefficient (Wildman–Crippen LogP) is 1.31. The fourth-order valence-electron chi connectivity index (χ4n) is 2.55. The minimum atomic E-state index is -3.79. The third-order valence-electron chi connectivity index (χ3n) is 3.81. The Bertz CT molecular complexity index is 830. The molecule has 0 unspecified atom stereocenters. The summed E-state index contributed by atoms with van der Waals surface area (Å²) in [5, 5.41) is 4.05. The van der Waals surface area contributed by atoms with E-state index in [2.05, 4.69) is 9.82 Å². The summed E-state index contributed by atoms with van der Waals surface area (Å²) in [6.45, 7) is 0. The van der Waals surface area contributed by atoms with Gasteiger partial charge in [0.1, 0.15) is 5.82 Å². The monoisotopic (exact) mass is 337 g/mol.